The third-order valence-electron chi connectivity index (χ3n) is 5.70. The smallest absolute Gasteiger partial charge is 0.419 e. The van der Waals surface area contributed by atoms with Gasteiger partial charge in [-0.3, -0.25) is 4.57 Å². The van der Waals surface area contributed by atoms with Crippen molar-refractivity contribution in [3.8, 4) is 22.7 Å². The number of nitrogens with two attached hydrogens (primary N) is 1. The van der Waals surface area contributed by atoms with E-state index in [0.29, 0.717) is 39.1 Å². The van der Waals surface area contributed by atoms with Crippen molar-refractivity contribution in [2.24, 2.45) is 7.05 Å². The van der Waals surface area contributed by atoms with Gasteiger partial charge < -0.3 is 15.5 Å². The number of nitrogens with zero attached hydrogens (tertiary/aromatic N) is 4. The number of aromatic nitrogens is 5. The first kappa shape index (κ1) is 21.4. The number of nitrogen functional groups attached to an aromatic ring is 1. The summed E-state index contributed by atoms with van der Waals surface area (Å²) in [5, 5.41) is 0.633. The van der Waals surface area contributed by atoms with E-state index in [4.69, 9.17) is 10.5 Å². The van der Waals surface area contributed by atoms with Crippen LogP contribution in [0.1, 0.15) is 5.56 Å². The summed E-state index contributed by atoms with van der Waals surface area (Å²) in [6.07, 6.45) is 0.0842. The molecule has 8 nitrogen and oxygen atoms in total. The number of halogens is 3. The highest BCUT2D eigenvalue weighted by molar-refractivity contribution is 6.02. The van der Waals surface area contributed by atoms with Crippen LogP contribution in [0.15, 0.2) is 59.8 Å². The summed E-state index contributed by atoms with van der Waals surface area (Å²) in [6, 6.07) is 9.67. The lowest BCUT2D eigenvalue weighted by atomic mass is 10.0. The number of anilines is 1. The highest BCUT2D eigenvalue weighted by Crippen LogP contribution is 2.36. The number of imidazole rings is 1. The molecule has 0 unspecified atom stereocenters. The van der Waals surface area contributed by atoms with Gasteiger partial charge in [0.25, 0.3) is 0 Å². The number of hydrogen-bond acceptors (Lipinski definition) is 5. The normalized spacial score (nSPS) is 11.9. The number of aromatic amines is 1. The van der Waals surface area contributed by atoms with E-state index in [-0.39, 0.29) is 11.3 Å². The Bertz CT molecular complexity index is 1620. The Hall–Kier alpha value is -4.41. The minimum atomic E-state index is -4.63. The Labute approximate surface area is 190 Å². The van der Waals surface area contributed by atoms with Gasteiger partial charge in [0.1, 0.15) is 17.5 Å². The molecular weight excluding hydrogens is 449 g/mol. The zero-order valence-electron chi connectivity index (χ0n) is 18.0. The van der Waals surface area contributed by atoms with Crippen LogP contribution in [-0.4, -0.2) is 26.6 Å². The van der Waals surface area contributed by atoms with Crippen molar-refractivity contribution in [1.82, 2.24) is 19.5 Å². The van der Waals surface area contributed by atoms with E-state index in [0.717, 1.165) is 6.07 Å². The fourth-order valence-corrected chi connectivity index (χ4v) is 3.92. The summed E-state index contributed by atoms with van der Waals surface area (Å²) < 4.78 is 48.5. The predicted octanol–water partition coefficient (Wildman–Crippen LogP) is 3.36. The summed E-state index contributed by atoms with van der Waals surface area (Å²) in [4.78, 5) is 23.2. The second-order valence-electron chi connectivity index (χ2n) is 7.69. The van der Waals surface area contributed by atoms with Crippen molar-refractivity contribution < 1.29 is 22.5 Å². The number of alkyl halides is 3. The number of hydrogen-bond donors (Lipinski definition) is 2. The van der Waals surface area contributed by atoms with Gasteiger partial charge in [-0.2, -0.15) is 17.7 Å². The molecule has 4 heterocycles. The monoisotopic (exact) mass is 467 g/mol. The average molecular weight is 467 g/mol. The molecular formula is C23H18F3N6O2+. The number of nitrogens with one attached hydrogen (secondary N) is 1. The van der Waals surface area contributed by atoms with Gasteiger partial charge in [-0.05, 0) is 23.8 Å². The minimum absolute atomic E-state index is 0.247. The zero-order valence-corrected chi connectivity index (χ0v) is 18.0. The largest absolute Gasteiger partial charge is 0.481 e. The number of H-pyrrole nitrogens is 1. The number of fused-ring (bicyclic) bond motifs is 3. The Morgan fingerprint density at radius 1 is 1.09 bits per heavy atom. The van der Waals surface area contributed by atoms with E-state index in [1.807, 2.05) is 10.6 Å². The number of pyridine rings is 3. The van der Waals surface area contributed by atoms with Crippen LogP contribution < -0.4 is 20.7 Å². The lowest BCUT2D eigenvalue weighted by molar-refractivity contribution is -0.566. The Morgan fingerprint density at radius 2 is 1.88 bits per heavy atom. The van der Waals surface area contributed by atoms with E-state index in [1.54, 1.807) is 43.7 Å². The van der Waals surface area contributed by atoms with Gasteiger partial charge in [0.05, 0.1) is 23.6 Å². The molecule has 4 aromatic heterocycles. The summed E-state index contributed by atoms with van der Waals surface area (Å²) in [7, 11) is 3.15. The summed E-state index contributed by atoms with van der Waals surface area (Å²) in [5.74, 6) is -0.140. The Balaban J connectivity index is 1.79. The second-order valence-corrected chi connectivity index (χ2v) is 7.69. The topological polar surface area (TPSA) is 103 Å². The van der Waals surface area contributed by atoms with Crippen LogP contribution >= 0.6 is 0 Å². The maximum atomic E-state index is 13.4. The van der Waals surface area contributed by atoms with E-state index in [9.17, 15) is 18.0 Å². The molecule has 5 aromatic rings. The fraction of sp³-hybridized carbons (Fsp3) is 0.130. The Morgan fingerprint density at radius 3 is 2.56 bits per heavy atom. The number of rotatable bonds is 3. The molecule has 0 fully saturated rings. The second kappa shape index (κ2) is 7.58. The summed E-state index contributed by atoms with van der Waals surface area (Å²) in [5.41, 5.74) is 7.45. The van der Waals surface area contributed by atoms with Gasteiger partial charge in [-0.1, -0.05) is 0 Å². The van der Waals surface area contributed by atoms with Crippen molar-refractivity contribution in [3.63, 3.8) is 0 Å². The van der Waals surface area contributed by atoms with Crippen LogP contribution in [0.5, 0.6) is 5.88 Å². The Kier molecular flexibility index (Phi) is 4.78. The highest BCUT2D eigenvalue weighted by atomic mass is 19.4. The first-order chi connectivity index (χ1) is 16.2. The minimum Gasteiger partial charge on any atom is -0.481 e. The molecule has 1 aromatic carbocycles. The van der Waals surface area contributed by atoms with Crippen molar-refractivity contribution in [3.05, 3.63) is 71.0 Å². The van der Waals surface area contributed by atoms with E-state index >= 15 is 0 Å². The SMILES string of the molecule is COc1ccc(-[n+]2cc3c([nH]c(=O)n3C)c3cc(-c4cnc(N)c(C(F)(F)F)c4)ccc32)cn1. The maximum Gasteiger partial charge on any atom is 0.419 e. The highest BCUT2D eigenvalue weighted by Gasteiger charge is 2.34. The molecule has 0 amide bonds. The molecule has 0 aliphatic rings. The molecule has 172 valence electrons. The van der Waals surface area contributed by atoms with E-state index in [1.165, 1.54) is 17.9 Å². The molecule has 11 heteroatoms. The molecule has 0 saturated heterocycles. The van der Waals surface area contributed by atoms with Crippen LogP contribution in [0.25, 0.3) is 38.8 Å². The van der Waals surface area contributed by atoms with E-state index < -0.39 is 17.6 Å². The van der Waals surface area contributed by atoms with Gasteiger partial charge in [0.15, 0.2) is 0 Å². The maximum absolute atomic E-state index is 13.4. The molecule has 0 aliphatic heterocycles. The molecule has 0 radical (unpaired) electrons. The third kappa shape index (κ3) is 3.41. The number of benzene rings is 1. The van der Waals surface area contributed by atoms with Crippen molar-refractivity contribution >= 4 is 27.8 Å². The van der Waals surface area contributed by atoms with E-state index in [2.05, 4.69) is 15.0 Å². The number of ether oxygens (including phenoxy) is 1. The molecule has 34 heavy (non-hydrogen) atoms. The lowest BCUT2D eigenvalue weighted by Gasteiger charge is -2.11. The number of aryl methyl sites for hydroxylation is 1. The molecule has 0 aliphatic carbocycles. The van der Waals surface area contributed by atoms with Crippen LogP contribution in [0, 0.1) is 0 Å². The lowest BCUT2D eigenvalue weighted by Crippen LogP contribution is -2.31. The van der Waals surface area contributed by atoms with Crippen LogP contribution in [0.2, 0.25) is 0 Å². The first-order valence-corrected chi connectivity index (χ1v) is 10.1. The van der Waals surface area contributed by atoms with Gasteiger partial charge in [0, 0.05) is 37.0 Å². The zero-order chi connectivity index (χ0) is 24.2. The predicted molar refractivity (Wildman–Crippen MR) is 120 cm³/mol. The standard InChI is InChI=1S/C23H17F3N6O2/c1-31-18-11-32(14-4-6-19(34-2)28-10-14)17-5-3-12(7-15(17)20(18)30-22(31)33)13-8-16(23(24,25)26)21(27)29-9-13/h3-11H,1-2H3,(H2,27,29)/p+1. The molecule has 0 saturated carbocycles. The average Bonchev–Trinajstić information content (AvgIpc) is 3.11. The molecule has 0 spiro atoms. The van der Waals surface area contributed by atoms with Gasteiger partial charge >= 0.3 is 11.9 Å². The molecule has 5 rings (SSSR count). The van der Waals surface area contributed by atoms with Gasteiger partial charge in [0.2, 0.25) is 23.3 Å². The van der Waals surface area contributed by atoms with Crippen LogP contribution in [-0.2, 0) is 13.2 Å². The van der Waals surface area contributed by atoms with Crippen LogP contribution in [0.4, 0.5) is 19.0 Å². The van der Waals surface area contributed by atoms with Gasteiger partial charge in [-0.25, -0.2) is 14.8 Å². The molecule has 0 atom stereocenters. The van der Waals surface area contributed by atoms with Crippen molar-refractivity contribution in [2.45, 2.75) is 6.18 Å². The quantitative estimate of drug-likeness (QED) is 0.396. The summed E-state index contributed by atoms with van der Waals surface area (Å²) in [6.45, 7) is 0. The van der Waals surface area contributed by atoms with Crippen LogP contribution in [0.3, 0.4) is 0 Å². The molecule has 0 bridgehead atoms. The summed E-state index contributed by atoms with van der Waals surface area (Å²) >= 11 is 0. The van der Waals surface area contributed by atoms with Gasteiger partial charge in [-0.15, -0.1) is 0 Å². The first-order valence-electron chi connectivity index (χ1n) is 10.1. The van der Waals surface area contributed by atoms with Crippen molar-refractivity contribution in [2.75, 3.05) is 12.8 Å². The fourth-order valence-electron chi connectivity index (χ4n) is 3.92. The molecule has 3 N–H and O–H groups in total. The van der Waals surface area contributed by atoms with Crippen molar-refractivity contribution in [1.29, 1.82) is 0 Å². The number of methoxy groups -OCH3 is 1. The third-order valence-corrected chi connectivity index (χ3v) is 5.70.